The van der Waals surface area contributed by atoms with Gasteiger partial charge in [-0.05, 0) is 152 Å². The lowest BCUT2D eigenvalue weighted by atomic mass is 9.84. The zero-order valence-electron chi connectivity index (χ0n) is 41.2. The first-order valence-corrected chi connectivity index (χ1v) is 25.1. The summed E-state index contributed by atoms with van der Waals surface area (Å²) in [5.41, 5.74) is 22.7. The van der Waals surface area contributed by atoms with E-state index in [0.29, 0.717) is 6.67 Å². The van der Waals surface area contributed by atoms with Crippen molar-refractivity contribution < 1.29 is 0 Å². The Morgan fingerprint density at radius 2 is 0.493 bits per heavy atom. The third-order valence-corrected chi connectivity index (χ3v) is 15.0. The van der Waals surface area contributed by atoms with E-state index in [4.69, 9.17) is 0 Å². The molecule has 0 radical (unpaired) electrons. The van der Waals surface area contributed by atoms with Gasteiger partial charge in [-0.2, -0.15) is 0 Å². The minimum Gasteiger partial charge on any atom is -0.270 e. The van der Waals surface area contributed by atoms with Crippen LogP contribution in [0, 0.1) is 27.7 Å². The Labute approximate surface area is 421 Å². The van der Waals surface area contributed by atoms with Gasteiger partial charge in [-0.15, -0.1) is 0 Å². The van der Waals surface area contributed by atoms with Crippen molar-refractivity contribution in [2.45, 2.75) is 51.9 Å². The maximum Gasteiger partial charge on any atom is 0.0625 e. The molecule has 0 aromatic heterocycles. The van der Waals surface area contributed by atoms with Crippen molar-refractivity contribution in [3.05, 3.63) is 310 Å². The Balaban J connectivity index is 1.21. The molecule has 10 aromatic carbocycles. The van der Waals surface area contributed by atoms with Gasteiger partial charge in [-0.25, -0.2) is 0 Å². The van der Waals surface area contributed by atoms with E-state index >= 15 is 0 Å². The van der Waals surface area contributed by atoms with Crippen LogP contribution in [0.25, 0.3) is 44.5 Å². The summed E-state index contributed by atoms with van der Waals surface area (Å²) in [6, 6.07) is 94.5. The van der Waals surface area contributed by atoms with Gasteiger partial charge in [0.25, 0.3) is 0 Å². The highest BCUT2D eigenvalue weighted by Gasteiger charge is 2.49. The summed E-state index contributed by atoms with van der Waals surface area (Å²) in [6.45, 7) is 9.93. The molecular formula is C69H60N2. The van der Waals surface area contributed by atoms with Crippen LogP contribution < -0.4 is 0 Å². The molecule has 11 rings (SSSR count). The lowest BCUT2D eigenvalue weighted by molar-refractivity contribution is 0.163. The molecule has 2 nitrogen and oxygen atoms in total. The molecule has 2 atom stereocenters. The third-order valence-electron chi connectivity index (χ3n) is 15.0. The zero-order valence-corrected chi connectivity index (χ0v) is 41.2. The van der Waals surface area contributed by atoms with Gasteiger partial charge in [0.05, 0.1) is 30.8 Å². The molecule has 0 aliphatic carbocycles. The molecule has 346 valence electrons. The molecular weight excluding hydrogens is 857 g/mol. The van der Waals surface area contributed by atoms with Crippen LogP contribution in [0.3, 0.4) is 0 Å². The Morgan fingerprint density at radius 1 is 0.268 bits per heavy atom. The van der Waals surface area contributed by atoms with Gasteiger partial charge in [0.1, 0.15) is 0 Å². The van der Waals surface area contributed by atoms with E-state index in [9.17, 15) is 0 Å². The van der Waals surface area contributed by atoms with Crippen LogP contribution in [0.1, 0.15) is 79.8 Å². The third kappa shape index (κ3) is 9.21. The van der Waals surface area contributed by atoms with E-state index in [1.807, 2.05) is 0 Å². The molecule has 1 heterocycles. The van der Waals surface area contributed by atoms with Gasteiger partial charge in [0.15, 0.2) is 0 Å². The van der Waals surface area contributed by atoms with Gasteiger partial charge >= 0.3 is 0 Å². The summed E-state index contributed by atoms with van der Waals surface area (Å²) in [5, 5.41) is 0. The van der Waals surface area contributed by atoms with Crippen LogP contribution in [-0.2, 0) is 0 Å². The van der Waals surface area contributed by atoms with Gasteiger partial charge in [0, 0.05) is 0 Å². The number of hydrogen-bond acceptors (Lipinski definition) is 2. The molecule has 2 heteroatoms. The number of aryl methyl sites for hydroxylation is 4. The molecule has 0 unspecified atom stereocenters. The van der Waals surface area contributed by atoms with Gasteiger partial charge < -0.3 is 0 Å². The van der Waals surface area contributed by atoms with Crippen LogP contribution in [-0.4, -0.2) is 16.5 Å². The van der Waals surface area contributed by atoms with Crippen LogP contribution in [0.4, 0.5) is 0 Å². The number of rotatable bonds is 12. The highest BCUT2D eigenvalue weighted by atomic mass is 15.4. The number of benzene rings is 10. The molecule has 71 heavy (non-hydrogen) atoms. The maximum absolute atomic E-state index is 2.86. The molecule has 1 fully saturated rings. The summed E-state index contributed by atoms with van der Waals surface area (Å²) in [5.74, 6) is 0. The zero-order chi connectivity index (χ0) is 48.3. The molecule has 10 aromatic rings. The largest absolute Gasteiger partial charge is 0.270 e. The van der Waals surface area contributed by atoms with Crippen molar-refractivity contribution in [3.8, 4) is 44.5 Å². The predicted molar refractivity (Wildman–Crippen MR) is 297 cm³/mol. The average molecular weight is 917 g/mol. The molecule has 1 saturated heterocycles. The normalized spacial score (nSPS) is 15.1. The summed E-state index contributed by atoms with van der Waals surface area (Å²) in [6.07, 6.45) is 0. The van der Waals surface area contributed by atoms with E-state index < -0.39 is 0 Å². The minimum atomic E-state index is -0.127. The second-order valence-corrected chi connectivity index (χ2v) is 19.4. The quantitative estimate of drug-likeness (QED) is 0.120. The first-order chi connectivity index (χ1) is 34.9. The van der Waals surface area contributed by atoms with Crippen molar-refractivity contribution in [2.75, 3.05) is 6.67 Å². The molecule has 0 bridgehead atoms. The SMILES string of the molecule is Cc1ccc(-c2ccccc2)cc1C(c1cc(-c2ccccc2)ccc1C)N1CN(C(c2cc(-c3ccccc3)ccc2C)c2cc(-c3ccccc3)ccc2C)[C@@H](c2ccccc2)[C@@H]1c1ccccc1. The highest BCUT2D eigenvalue weighted by Crippen LogP contribution is 2.55. The molecule has 0 saturated carbocycles. The van der Waals surface area contributed by atoms with Crippen LogP contribution in [0.2, 0.25) is 0 Å². The molecule has 1 aliphatic rings. The molecule has 0 N–H and O–H groups in total. The van der Waals surface area contributed by atoms with Crippen molar-refractivity contribution in [2.24, 2.45) is 0 Å². The fourth-order valence-corrected chi connectivity index (χ4v) is 11.3. The fourth-order valence-electron chi connectivity index (χ4n) is 11.3. The van der Waals surface area contributed by atoms with Crippen molar-refractivity contribution in [1.29, 1.82) is 0 Å². The monoisotopic (exact) mass is 916 g/mol. The Morgan fingerprint density at radius 3 is 0.732 bits per heavy atom. The summed E-state index contributed by atoms with van der Waals surface area (Å²) < 4.78 is 0. The maximum atomic E-state index is 2.86. The number of hydrogen-bond donors (Lipinski definition) is 0. The lowest BCUT2D eigenvalue weighted by Gasteiger charge is -2.37. The Bertz CT molecular complexity index is 2980. The first kappa shape index (κ1) is 45.6. The smallest absolute Gasteiger partial charge is 0.0625 e. The van der Waals surface area contributed by atoms with Gasteiger partial charge in [0.2, 0.25) is 0 Å². The Hall–Kier alpha value is -7.88. The topological polar surface area (TPSA) is 6.48 Å². The van der Waals surface area contributed by atoms with E-state index in [1.54, 1.807) is 0 Å². The molecule has 0 amide bonds. The summed E-state index contributed by atoms with van der Waals surface area (Å²) >= 11 is 0. The molecule has 0 spiro atoms. The van der Waals surface area contributed by atoms with E-state index in [2.05, 4.69) is 292 Å². The standard InChI is InChI=1S/C69H60N2/c1-48-35-39-58(52-23-11-5-12-24-52)43-62(48)68(63-44-59(40-36-49(63)2)53-25-13-6-14-26-53)70-47-71(67(57-33-21-10-22-34-57)66(70)56-31-19-9-20-32-56)69(64-45-60(41-37-50(64)3)54-27-15-7-16-28-54)65-46-61(42-38-51(65)4)55-29-17-8-18-30-55/h5-46,66-69H,47H2,1-4H3/t66-,67-/m0/s1. The predicted octanol–water partition coefficient (Wildman–Crippen LogP) is 17.5. The summed E-state index contributed by atoms with van der Waals surface area (Å²) in [7, 11) is 0. The van der Waals surface area contributed by atoms with E-state index in [1.165, 1.54) is 100 Å². The molecule has 1 aliphatic heterocycles. The van der Waals surface area contributed by atoms with Crippen LogP contribution in [0.5, 0.6) is 0 Å². The van der Waals surface area contributed by atoms with E-state index in [-0.39, 0.29) is 24.2 Å². The van der Waals surface area contributed by atoms with Crippen LogP contribution >= 0.6 is 0 Å². The highest BCUT2D eigenvalue weighted by molar-refractivity contribution is 5.70. The first-order valence-electron chi connectivity index (χ1n) is 25.1. The number of nitrogens with zero attached hydrogens (tertiary/aromatic N) is 2. The lowest BCUT2D eigenvalue weighted by Crippen LogP contribution is -2.34. The van der Waals surface area contributed by atoms with Crippen molar-refractivity contribution in [3.63, 3.8) is 0 Å². The van der Waals surface area contributed by atoms with E-state index in [0.717, 1.165) is 0 Å². The van der Waals surface area contributed by atoms with Gasteiger partial charge in [-0.3, -0.25) is 9.80 Å². The second kappa shape index (κ2) is 20.2. The van der Waals surface area contributed by atoms with Crippen molar-refractivity contribution >= 4 is 0 Å². The minimum absolute atomic E-state index is 0.0547. The van der Waals surface area contributed by atoms with Crippen molar-refractivity contribution in [1.82, 2.24) is 9.80 Å². The van der Waals surface area contributed by atoms with Gasteiger partial charge in [-0.1, -0.05) is 231 Å². The Kier molecular flexibility index (Phi) is 13.0. The summed E-state index contributed by atoms with van der Waals surface area (Å²) in [4.78, 5) is 5.72. The van der Waals surface area contributed by atoms with Crippen LogP contribution in [0.15, 0.2) is 255 Å². The fraction of sp³-hybridized carbons (Fsp3) is 0.130. The second-order valence-electron chi connectivity index (χ2n) is 19.4. The average Bonchev–Trinajstić information content (AvgIpc) is 3.81.